The molecule has 1 heterocycles. The van der Waals surface area contributed by atoms with Crippen LogP contribution in [0.15, 0.2) is 59.8 Å². The molecule has 24 heavy (non-hydrogen) atoms. The van der Waals surface area contributed by atoms with E-state index in [9.17, 15) is 8.42 Å². The zero-order valence-electron chi connectivity index (χ0n) is 12.6. The quantitative estimate of drug-likeness (QED) is 0.710. The molecule has 0 amide bonds. The van der Waals surface area contributed by atoms with Crippen molar-refractivity contribution in [2.45, 2.75) is 4.90 Å². The summed E-state index contributed by atoms with van der Waals surface area (Å²) >= 11 is 0. The van der Waals surface area contributed by atoms with Crippen molar-refractivity contribution in [3.05, 3.63) is 60.4 Å². The zero-order chi connectivity index (χ0) is 17.2. The third kappa shape index (κ3) is 2.82. The minimum absolute atomic E-state index is 0.0976. The molecule has 120 valence electrons. The summed E-state index contributed by atoms with van der Waals surface area (Å²) in [5.41, 5.74) is 1.32. The van der Waals surface area contributed by atoms with Crippen LogP contribution in [0.5, 0.6) is 0 Å². The first-order valence-corrected chi connectivity index (χ1v) is 8.29. The highest BCUT2D eigenvalue weighted by atomic mass is 32.2. The Morgan fingerprint density at radius 3 is 2.67 bits per heavy atom. The van der Waals surface area contributed by atoms with Crippen molar-refractivity contribution in [2.75, 3.05) is 11.4 Å². The molecule has 0 unspecified atom stereocenters. The minimum atomic E-state index is -3.79. The molecule has 0 aliphatic rings. The highest BCUT2D eigenvalue weighted by Gasteiger charge is 2.22. The van der Waals surface area contributed by atoms with Crippen molar-refractivity contribution < 1.29 is 8.42 Å². The summed E-state index contributed by atoms with van der Waals surface area (Å²) in [4.78, 5) is 0.0976. The smallest absolute Gasteiger partial charge is 0.264 e. The fourth-order valence-electron chi connectivity index (χ4n) is 2.13. The lowest BCUT2D eigenvalue weighted by Crippen LogP contribution is -2.26. The Kier molecular flexibility index (Phi) is 3.97. The zero-order valence-corrected chi connectivity index (χ0v) is 13.4. The average Bonchev–Trinajstić information content (AvgIpc) is 3.16. The molecule has 3 aromatic rings. The fraction of sp³-hybridized carbons (Fsp3) is 0.0667. The maximum atomic E-state index is 12.8. The van der Waals surface area contributed by atoms with Gasteiger partial charge in [0.15, 0.2) is 0 Å². The first-order chi connectivity index (χ1) is 11.5. The van der Waals surface area contributed by atoms with E-state index in [0.29, 0.717) is 16.9 Å². The lowest BCUT2D eigenvalue weighted by atomic mass is 10.2. The number of sulfonamides is 1. The molecule has 0 saturated heterocycles. The maximum Gasteiger partial charge on any atom is 0.264 e. The SMILES string of the molecule is CN(c1cccc(C#N)c1)S(=O)(=O)c1cccc(-n2cnnn2)c1. The number of hydrogen-bond donors (Lipinski definition) is 0. The topological polar surface area (TPSA) is 105 Å². The summed E-state index contributed by atoms with van der Waals surface area (Å²) in [5.74, 6) is 0. The number of nitriles is 1. The van der Waals surface area contributed by atoms with Gasteiger partial charge in [0, 0.05) is 7.05 Å². The normalized spacial score (nSPS) is 11.0. The number of nitrogens with zero attached hydrogens (tertiary/aromatic N) is 6. The van der Waals surface area contributed by atoms with E-state index >= 15 is 0 Å². The average molecular weight is 340 g/mol. The number of anilines is 1. The van der Waals surface area contributed by atoms with Crippen molar-refractivity contribution in [3.8, 4) is 11.8 Å². The lowest BCUT2D eigenvalue weighted by Gasteiger charge is -2.20. The Hall–Kier alpha value is -3.25. The summed E-state index contributed by atoms with van der Waals surface area (Å²) in [7, 11) is -2.35. The third-order valence-electron chi connectivity index (χ3n) is 3.43. The molecule has 1 aromatic heterocycles. The molecule has 0 fully saturated rings. The number of benzene rings is 2. The number of rotatable bonds is 4. The van der Waals surface area contributed by atoms with Gasteiger partial charge in [-0.15, -0.1) is 5.10 Å². The van der Waals surface area contributed by atoms with E-state index in [1.807, 2.05) is 6.07 Å². The van der Waals surface area contributed by atoms with Crippen LogP contribution < -0.4 is 4.31 Å². The van der Waals surface area contributed by atoms with Crippen LogP contribution >= 0.6 is 0 Å². The van der Waals surface area contributed by atoms with E-state index in [-0.39, 0.29) is 4.90 Å². The fourth-order valence-corrected chi connectivity index (χ4v) is 3.36. The molecular weight excluding hydrogens is 328 g/mol. The van der Waals surface area contributed by atoms with Crippen molar-refractivity contribution in [1.29, 1.82) is 5.26 Å². The first kappa shape index (κ1) is 15.6. The minimum Gasteiger partial charge on any atom is -0.269 e. The van der Waals surface area contributed by atoms with Crippen LogP contribution in [0.1, 0.15) is 5.56 Å². The lowest BCUT2D eigenvalue weighted by molar-refractivity contribution is 0.594. The van der Waals surface area contributed by atoms with Gasteiger partial charge in [-0.1, -0.05) is 12.1 Å². The molecule has 0 bridgehead atoms. The Bertz CT molecular complexity index is 1010. The number of aromatic nitrogens is 4. The van der Waals surface area contributed by atoms with Crippen molar-refractivity contribution in [1.82, 2.24) is 20.2 Å². The highest BCUT2D eigenvalue weighted by Crippen LogP contribution is 2.24. The molecule has 8 nitrogen and oxygen atoms in total. The van der Waals surface area contributed by atoms with Gasteiger partial charge in [0.05, 0.1) is 27.9 Å². The Balaban J connectivity index is 2.01. The summed E-state index contributed by atoms with van der Waals surface area (Å²) in [5, 5.41) is 19.8. The highest BCUT2D eigenvalue weighted by molar-refractivity contribution is 7.92. The van der Waals surface area contributed by atoms with Crippen LogP contribution in [0.4, 0.5) is 5.69 Å². The summed E-state index contributed by atoms with van der Waals surface area (Å²) in [6.45, 7) is 0. The summed E-state index contributed by atoms with van der Waals surface area (Å²) in [6, 6.07) is 14.7. The van der Waals surface area contributed by atoms with Gasteiger partial charge in [0.1, 0.15) is 6.33 Å². The Morgan fingerprint density at radius 2 is 1.96 bits per heavy atom. The van der Waals surface area contributed by atoms with Crippen LogP contribution in [0.2, 0.25) is 0 Å². The molecule has 2 aromatic carbocycles. The molecule has 3 rings (SSSR count). The van der Waals surface area contributed by atoms with E-state index in [2.05, 4.69) is 15.5 Å². The molecule has 0 saturated carbocycles. The molecule has 9 heteroatoms. The molecule has 0 radical (unpaired) electrons. The van der Waals surface area contributed by atoms with E-state index in [4.69, 9.17) is 5.26 Å². The van der Waals surface area contributed by atoms with Gasteiger partial charge in [0.25, 0.3) is 10.0 Å². The van der Waals surface area contributed by atoms with Crippen LogP contribution in [0, 0.1) is 11.3 Å². The summed E-state index contributed by atoms with van der Waals surface area (Å²) < 4.78 is 28.2. The van der Waals surface area contributed by atoms with Crippen molar-refractivity contribution in [3.63, 3.8) is 0 Å². The van der Waals surface area contributed by atoms with Crippen LogP contribution in [-0.4, -0.2) is 35.7 Å². The standard InChI is InChI=1S/C15H12N6O2S/c1-20(13-5-2-4-12(8-13)10-16)24(22,23)15-7-3-6-14(9-15)21-11-17-18-19-21/h2-9,11H,1H3. The second kappa shape index (κ2) is 6.10. The maximum absolute atomic E-state index is 12.8. The van der Waals surface area contributed by atoms with Crippen molar-refractivity contribution in [2.24, 2.45) is 0 Å². The van der Waals surface area contributed by atoms with Gasteiger partial charge in [-0.05, 0) is 46.8 Å². The Morgan fingerprint density at radius 1 is 1.17 bits per heavy atom. The summed E-state index contributed by atoms with van der Waals surface area (Å²) in [6.07, 6.45) is 1.38. The monoisotopic (exact) mass is 340 g/mol. The third-order valence-corrected chi connectivity index (χ3v) is 5.21. The van der Waals surface area contributed by atoms with Gasteiger partial charge in [-0.3, -0.25) is 4.31 Å². The van der Waals surface area contributed by atoms with Crippen LogP contribution in [-0.2, 0) is 10.0 Å². The first-order valence-electron chi connectivity index (χ1n) is 6.85. The molecule has 0 aliphatic carbocycles. The number of tetrazole rings is 1. The van der Waals surface area contributed by atoms with E-state index in [0.717, 1.165) is 4.31 Å². The second-order valence-electron chi connectivity index (χ2n) is 4.89. The predicted octanol–water partition coefficient (Wildman–Crippen LogP) is 1.36. The molecule has 0 aliphatic heterocycles. The van der Waals surface area contributed by atoms with Gasteiger partial charge in [-0.25, -0.2) is 13.1 Å². The number of hydrogen-bond acceptors (Lipinski definition) is 6. The molecule has 0 N–H and O–H groups in total. The second-order valence-corrected chi connectivity index (χ2v) is 6.86. The van der Waals surface area contributed by atoms with Gasteiger partial charge < -0.3 is 0 Å². The van der Waals surface area contributed by atoms with Gasteiger partial charge in [-0.2, -0.15) is 5.26 Å². The van der Waals surface area contributed by atoms with Crippen LogP contribution in [0.25, 0.3) is 5.69 Å². The van der Waals surface area contributed by atoms with Crippen LogP contribution in [0.3, 0.4) is 0 Å². The molecule has 0 atom stereocenters. The van der Waals surface area contributed by atoms with Gasteiger partial charge in [0.2, 0.25) is 0 Å². The van der Waals surface area contributed by atoms with Gasteiger partial charge >= 0.3 is 0 Å². The van der Waals surface area contributed by atoms with E-state index in [1.165, 1.54) is 36.3 Å². The largest absolute Gasteiger partial charge is 0.269 e. The molecular formula is C15H12N6O2S. The van der Waals surface area contributed by atoms with E-state index in [1.54, 1.807) is 30.3 Å². The van der Waals surface area contributed by atoms with E-state index < -0.39 is 10.0 Å². The predicted molar refractivity (Wildman–Crippen MR) is 85.9 cm³/mol. The Labute approximate surface area is 138 Å². The molecule has 0 spiro atoms. The van der Waals surface area contributed by atoms with Crippen molar-refractivity contribution >= 4 is 15.7 Å².